The summed E-state index contributed by atoms with van der Waals surface area (Å²) in [6.07, 6.45) is 0. The number of hydrogen-bond donors (Lipinski definition) is 0. The quantitative estimate of drug-likeness (QED) is 0.546. The van der Waals surface area contributed by atoms with Gasteiger partial charge in [-0.2, -0.15) is 0 Å². The van der Waals surface area contributed by atoms with Gasteiger partial charge in [-0.3, -0.25) is 0 Å². The standard InChI is InChI=1S/3C4H10.Ga/c3*1-4(2)3;/h3*4H,1-3H3;. The van der Waals surface area contributed by atoms with E-state index in [0.717, 1.165) is 17.8 Å². The van der Waals surface area contributed by atoms with Crippen molar-refractivity contribution in [1.29, 1.82) is 0 Å². The first-order valence-electron chi connectivity index (χ1n) is 5.20. The second-order valence-electron chi connectivity index (χ2n) is 5.20. The van der Waals surface area contributed by atoms with Gasteiger partial charge in [-0.1, -0.05) is 62.3 Å². The van der Waals surface area contributed by atoms with Crippen LogP contribution in [0.1, 0.15) is 62.3 Å². The minimum atomic E-state index is 0. The molecule has 0 bridgehead atoms. The van der Waals surface area contributed by atoms with Crippen LogP contribution in [0.3, 0.4) is 0 Å². The van der Waals surface area contributed by atoms with Gasteiger partial charge in [0.15, 0.2) is 0 Å². The summed E-state index contributed by atoms with van der Waals surface area (Å²) >= 11 is 0. The molecule has 0 spiro atoms. The molecule has 0 rings (SSSR count). The Morgan fingerprint density at radius 2 is 0.385 bits per heavy atom. The maximum absolute atomic E-state index is 2.17. The Hall–Kier alpha value is 0.636. The van der Waals surface area contributed by atoms with Crippen LogP contribution in [-0.2, 0) is 0 Å². The maximum Gasteiger partial charge on any atom is 0 e. The molecule has 1 heteroatoms. The van der Waals surface area contributed by atoms with Crippen molar-refractivity contribution in [2.24, 2.45) is 17.8 Å². The van der Waals surface area contributed by atoms with E-state index in [-0.39, 0.29) is 19.8 Å². The van der Waals surface area contributed by atoms with E-state index in [0.29, 0.717) is 0 Å². The van der Waals surface area contributed by atoms with Crippen LogP contribution in [0.5, 0.6) is 0 Å². The molecule has 0 aliphatic rings. The molecular weight excluding hydrogens is 214 g/mol. The molecule has 0 aromatic carbocycles. The summed E-state index contributed by atoms with van der Waals surface area (Å²) in [5.74, 6) is 2.50. The van der Waals surface area contributed by atoms with E-state index < -0.39 is 0 Å². The van der Waals surface area contributed by atoms with Crippen LogP contribution in [0.2, 0.25) is 0 Å². The van der Waals surface area contributed by atoms with Crippen LogP contribution in [0.15, 0.2) is 0 Å². The molecule has 0 aliphatic carbocycles. The zero-order chi connectivity index (χ0) is 10.7. The molecule has 0 heterocycles. The minimum Gasteiger partial charge on any atom is -0.0630 e. The van der Waals surface area contributed by atoms with Crippen LogP contribution in [0, 0.1) is 17.8 Å². The molecule has 0 aromatic heterocycles. The molecule has 0 N–H and O–H groups in total. The molecule has 0 unspecified atom stereocenters. The van der Waals surface area contributed by atoms with Gasteiger partial charge in [-0.15, -0.1) is 0 Å². The van der Waals surface area contributed by atoms with Gasteiger partial charge in [0.2, 0.25) is 0 Å². The Bertz CT molecular complexity index is 33.6. The van der Waals surface area contributed by atoms with Gasteiger partial charge < -0.3 is 0 Å². The summed E-state index contributed by atoms with van der Waals surface area (Å²) in [6, 6.07) is 0. The first-order chi connectivity index (χ1) is 5.20. The van der Waals surface area contributed by atoms with Crippen molar-refractivity contribution in [3.8, 4) is 0 Å². The Balaban J connectivity index is -0.0000000450. The summed E-state index contributed by atoms with van der Waals surface area (Å²) in [7, 11) is 0. The second-order valence-corrected chi connectivity index (χ2v) is 5.20. The van der Waals surface area contributed by atoms with Gasteiger partial charge in [0, 0.05) is 19.8 Å². The van der Waals surface area contributed by atoms with Crippen LogP contribution >= 0.6 is 0 Å². The molecule has 0 saturated heterocycles. The predicted octanol–water partition coefficient (Wildman–Crippen LogP) is 4.61. The third kappa shape index (κ3) is 3530. The van der Waals surface area contributed by atoms with Crippen molar-refractivity contribution >= 4 is 19.8 Å². The topological polar surface area (TPSA) is 0 Å². The van der Waals surface area contributed by atoms with E-state index in [1.54, 1.807) is 0 Å². The van der Waals surface area contributed by atoms with Crippen molar-refractivity contribution in [3.63, 3.8) is 0 Å². The molecular formula is C12H30Ga. The molecule has 0 atom stereocenters. The van der Waals surface area contributed by atoms with E-state index in [2.05, 4.69) is 62.3 Å². The average molecular weight is 244 g/mol. The molecule has 0 amide bonds. The van der Waals surface area contributed by atoms with Crippen molar-refractivity contribution in [2.45, 2.75) is 62.3 Å². The Morgan fingerprint density at radius 3 is 0.385 bits per heavy atom. The van der Waals surface area contributed by atoms with Crippen LogP contribution in [0.25, 0.3) is 0 Å². The molecule has 0 aliphatic heterocycles. The summed E-state index contributed by atoms with van der Waals surface area (Å²) < 4.78 is 0. The molecule has 0 fully saturated rings. The monoisotopic (exact) mass is 243 g/mol. The smallest absolute Gasteiger partial charge is 0 e. The van der Waals surface area contributed by atoms with E-state index in [1.165, 1.54) is 0 Å². The summed E-state index contributed by atoms with van der Waals surface area (Å²) in [5, 5.41) is 0. The van der Waals surface area contributed by atoms with Gasteiger partial charge in [0.25, 0.3) is 0 Å². The Morgan fingerprint density at radius 1 is 0.385 bits per heavy atom. The van der Waals surface area contributed by atoms with Gasteiger partial charge in [-0.25, -0.2) is 0 Å². The first-order valence-corrected chi connectivity index (χ1v) is 5.20. The molecule has 81 valence electrons. The summed E-state index contributed by atoms with van der Waals surface area (Å²) in [6.45, 7) is 19.5. The zero-order valence-electron chi connectivity index (χ0n) is 11.3. The minimum absolute atomic E-state index is 0. The summed E-state index contributed by atoms with van der Waals surface area (Å²) in [5.41, 5.74) is 0. The fourth-order valence-electron chi connectivity index (χ4n) is 0. The third-order valence-electron chi connectivity index (χ3n) is 0. The van der Waals surface area contributed by atoms with E-state index in [1.807, 2.05) is 0 Å². The summed E-state index contributed by atoms with van der Waals surface area (Å²) in [4.78, 5) is 0. The van der Waals surface area contributed by atoms with Crippen molar-refractivity contribution in [1.82, 2.24) is 0 Å². The fourth-order valence-corrected chi connectivity index (χ4v) is 0. The number of rotatable bonds is 0. The van der Waals surface area contributed by atoms with Gasteiger partial charge in [-0.05, 0) is 17.8 Å². The van der Waals surface area contributed by atoms with Crippen molar-refractivity contribution in [2.75, 3.05) is 0 Å². The average Bonchev–Trinajstić information content (AvgIpc) is 1.54. The third-order valence-corrected chi connectivity index (χ3v) is 0. The van der Waals surface area contributed by atoms with Crippen LogP contribution in [-0.4, -0.2) is 19.8 Å². The molecule has 3 radical (unpaired) electrons. The SMILES string of the molecule is CC(C)C.CC(C)C.CC(C)C.[Ga]. The molecule has 0 nitrogen and oxygen atoms in total. The fraction of sp³-hybridized carbons (Fsp3) is 1.00. The predicted molar refractivity (Wildman–Crippen MR) is 67.3 cm³/mol. The van der Waals surface area contributed by atoms with Gasteiger partial charge in [0.05, 0.1) is 0 Å². The van der Waals surface area contributed by atoms with Crippen LogP contribution < -0.4 is 0 Å². The van der Waals surface area contributed by atoms with Gasteiger partial charge >= 0.3 is 0 Å². The van der Waals surface area contributed by atoms with E-state index >= 15 is 0 Å². The normalized spacial score (nSPS) is 8.31. The van der Waals surface area contributed by atoms with Crippen molar-refractivity contribution < 1.29 is 0 Å². The van der Waals surface area contributed by atoms with E-state index in [9.17, 15) is 0 Å². The Kier molecular flexibility index (Phi) is 33.2. The van der Waals surface area contributed by atoms with Gasteiger partial charge in [0.1, 0.15) is 0 Å². The zero-order valence-corrected chi connectivity index (χ0v) is 13.7. The maximum atomic E-state index is 2.17. The largest absolute Gasteiger partial charge is 0.0630 e. The van der Waals surface area contributed by atoms with Crippen LogP contribution in [0.4, 0.5) is 0 Å². The van der Waals surface area contributed by atoms with Crippen molar-refractivity contribution in [3.05, 3.63) is 0 Å². The van der Waals surface area contributed by atoms with E-state index in [4.69, 9.17) is 0 Å². The molecule has 0 saturated carbocycles. The number of hydrogen-bond acceptors (Lipinski definition) is 0. The molecule has 13 heavy (non-hydrogen) atoms. The Labute approximate surface area is 99.9 Å². The second kappa shape index (κ2) is 18.4. The first kappa shape index (κ1) is 23.4. The molecule has 0 aromatic rings.